The Morgan fingerprint density at radius 1 is 1.27 bits per heavy atom. The maximum atomic E-state index is 12.6. The van der Waals surface area contributed by atoms with Gasteiger partial charge in [0.1, 0.15) is 0 Å². The Balaban J connectivity index is 1.58. The number of piperazine rings is 1. The minimum atomic E-state index is -0.195. The second-order valence-corrected chi connectivity index (χ2v) is 6.12. The van der Waals surface area contributed by atoms with Crippen LogP contribution in [-0.2, 0) is 16.1 Å². The van der Waals surface area contributed by atoms with Crippen LogP contribution in [0.1, 0.15) is 12.1 Å². The second-order valence-electron chi connectivity index (χ2n) is 6.12. The first-order valence-electron chi connectivity index (χ1n) is 7.78. The van der Waals surface area contributed by atoms with E-state index in [4.69, 9.17) is 0 Å². The van der Waals surface area contributed by atoms with Crippen molar-refractivity contribution in [2.75, 3.05) is 39.8 Å². The molecule has 2 saturated heterocycles. The molecule has 2 aliphatic rings. The Labute approximate surface area is 130 Å². The zero-order valence-corrected chi connectivity index (χ0v) is 12.9. The molecule has 6 nitrogen and oxygen atoms in total. The molecule has 0 aliphatic carbocycles. The Morgan fingerprint density at radius 2 is 2.05 bits per heavy atom. The van der Waals surface area contributed by atoms with Crippen molar-refractivity contribution in [3.63, 3.8) is 0 Å². The smallest absolute Gasteiger partial charge is 0.228 e. The van der Waals surface area contributed by atoms with Crippen molar-refractivity contribution in [3.05, 3.63) is 30.1 Å². The summed E-state index contributed by atoms with van der Waals surface area (Å²) in [7, 11) is 2.06. The fourth-order valence-electron chi connectivity index (χ4n) is 3.06. The van der Waals surface area contributed by atoms with Crippen LogP contribution in [0.3, 0.4) is 0 Å². The van der Waals surface area contributed by atoms with Gasteiger partial charge in [-0.3, -0.25) is 14.6 Å². The number of likely N-dealkylation sites (N-methyl/N-ethyl adjacent to an activating group) is 1. The van der Waals surface area contributed by atoms with E-state index in [2.05, 4.69) is 16.9 Å². The minimum Gasteiger partial charge on any atom is -0.340 e. The van der Waals surface area contributed by atoms with Gasteiger partial charge in [0.25, 0.3) is 0 Å². The maximum Gasteiger partial charge on any atom is 0.228 e. The van der Waals surface area contributed by atoms with Crippen molar-refractivity contribution in [1.29, 1.82) is 0 Å². The van der Waals surface area contributed by atoms with E-state index in [9.17, 15) is 9.59 Å². The van der Waals surface area contributed by atoms with Crippen molar-refractivity contribution >= 4 is 11.8 Å². The molecule has 0 aromatic carbocycles. The molecule has 118 valence electrons. The predicted octanol–water partition coefficient (Wildman–Crippen LogP) is 0.204. The lowest BCUT2D eigenvalue weighted by atomic mass is 10.1. The molecule has 0 saturated carbocycles. The SMILES string of the molecule is CN1CCN(C(=O)[C@@H]2CC(=O)N(Cc3ccccn3)C2)CC1. The van der Waals surface area contributed by atoms with Gasteiger partial charge in [0.05, 0.1) is 18.2 Å². The van der Waals surface area contributed by atoms with E-state index in [-0.39, 0.29) is 17.7 Å². The third-order valence-electron chi connectivity index (χ3n) is 4.46. The van der Waals surface area contributed by atoms with Crippen LogP contribution in [-0.4, -0.2) is 71.3 Å². The predicted molar refractivity (Wildman–Crippen MR) is 81.8 cm³/mol. The lowest BCUT2D eigenvalue weighted by molar-refractivity contribution is -0.137. The van der Waals surface area contributed by atoms with Crippen molar-refractivity contribution < 1.29 is 9.59 Å². The number of carbonyl (C=O) groups excluding carboxylic acids is 2. The van der Waals surface area contributed by atoms with Crippen LogP contribution in [0, 0.1) is 5.92 Å². The zero-order valence-electron chi connectivity index (χ0n) is 12.9. The molecule has 2 aliphatic heterocycles. The number of hydrogen-bond donors (Lipinski definition) is 0. The molecule has 22 heavy (non-hydrogen) atoms. The van der Waals surface area contributed by atoms with Crippen molar-refractivity contribution in [3.8, 4) is 0 Å². The Hall–Kier alpha value is -1.95. The molecule has 0 unspecified atom stereocenters. The van der Waals surface area contributed by atoms with E-state index in [0.717, 1.165) is 31.9 Å². The number of amides is 2. The van der Waals surface area contributed by atoms with Gasteiger partial charge in [-0.25, -0.2) is 0 Å². The highest BCUT2D eigenvalue weighted by molar-refractivity contribution is 5.89. The highest BCUT2D eigenvalue weighted by atomic mass is 16.2. The topological polar surface area (TPSA) is 56.8 Å². The van der Waals surface area contributed by atoms with Crippen LogP contribution in [0.15, 0.2) is 24.4 Å². The van der Waals surface area contributed by atoms with Crippen molar-refractivity contribution in [2.45, 2.75) is 13.0 Å². The molecule has 0 radical (unpaired) electrons. The number of nitrogens with zero attached hydrogens (tertiary/aromatic N) is 4. The van der Waals surface area contributed by atoms with Crippen LogP contribution in [0.4, 0.5) is 0 Å². The van der Waals surface area contributed by atoms with E-state index in [1.54, 1.807) is 11.1 Å². The lowest BCUT2D eigenvalue weighted by Gasteiger charge is -2.33. The first-order chi connectivity index (χ1) is 10.6. The molecule has 3 rings (SSSR count). The third-order valence-corrected chi connectivity index (χ3v) is 4.46. The monoisotopic (exact) mass is 302 g/mol. The molecule has 1 aromatic heterocycles. The standard InChI is InChI=1S/C16H22N4O2/c1-18-6-8-19(9-7-18)16(22)13-10-15(21)20(11-13)12-14-4-2-3-5-17-14/h2-5,13H,6-12H2,1H3/t13-/m1/s1. The molecule has 2 fully saturated rings. The van der Waals surface area contributed by atoms with Gasteiger partial charge in [0, 0.05) is 45.3 Å². The largest absolute Gasteiger partial charge is 0.340 e. The summed E-state index contributed by atoms with van der Waals surface area (Å²) in [6.07, 6.45) is 2.06. The van der Waals surface area contributed by atoms with E-state index >= 15 is 0 Å². The first-order valence-corrected chi connectivity index (χ1v) is 7.78. The number of pyridine rings is 1. The van der Waals surface area contributed by atoms with E-state index < -0.39 is 0 Å². The van der Waals surface area contributed by atoms with Gasteiger partial charge in [-0.1, -0.05) is 6.07 Å². The van der Waals surface area contributed by atoms with Gasteiger partial charge >= 0.3 is 0 Å². The Bertz CT molecular complexity index is 540. The fourth-order valence-corrected chi connectivity index (χ4v) is 3.06. The summed E-state index contributed by atoms with van der Waals surface area (Å²) in [5.41, 5.74) is 0.864. The number of hydrogen-bond acceptors (Lipinski definition) is 4. The summed E-state index contributed by atoms with van der Waals surface area (Å²) in [6.45, 7) is 4.35. The quantitative estimate of drug-likeness (QED) is 0.801. The molecule has 0 spiro atoms. The maximum absolute atomic E-state index is 12.6. The zero-order chi connectivity index (χ0) is 15.5. The number of carbonyl (C=O) groups is 2. The van der Waals surface area contributed by atoms with Gasteiger partial charge in [-0.2, -0.15) is 0 Å². The molecular formula is C16H22N4O2. The molecule has 0 bridgehead atoms. The number of rotatable bonds is 3. The molecule has 1 aromatic rings. The highest BCUT2D eigenvalue weighted by Crippen LogP contribution is 2.22. The van der Waals surface area contributed by atoms with Crippen molar-refractivity contribution in [2.24, 2.45) is 5.92 Å². The lowest BCUT2D eigenvalue weighted by Crippen LogP contribution is -2.49. The summed E-state index contributed by atoms with van der Waals surface area (Å²) in [5, 5.41) is 0. The van der Waals surface area contributed by atoms with E-state index in [1.807, 2.05) is 23.1 Å². The normalized spacial score (nSPS) is 23.1. The van der Waals surface area contributed by atoms with Gasteiger partial charge in [-0.05, 0) is 19.2 Å². The fraction of sp³-hybridized carbons (Fsp3) is 0.562. The molecule has 3 heterocycles. The van der Waals surface area contributed by atoms with Crippen LogP contribution in [0.2, 0.25) is 0 Å². The molecular weight excluding hydrogens is 280 g/mol. The summed E-state index contributed by atoms with van der Waals surface area (Å²) in [4.78, 5) is 34.8. The van der Waals surface area contributed by atoms with Gasteiger partial charge < -0.3 is 14.7 Å². The highest BCUT2D eigenvalue weighted by Gasteiger charge is 2.37. The molecule has 0 N–H and O–H groups in total. The van der Waals surface area contributed by atoms with E-state index in [1.165, 1.54) is 0 Å². The number of aromatic nitrogens is 1. The van der Waals surface area contributed by atoms with E-state index in [0.29, 0.717) is 19.5 Å². The van der Waals surface area contributed by atoms with Crippen molar-refractivity contribution in [1.82, 2.24) is 19.7 Å². The van der Waals surface area contributed by atoms with Crippen LogP contribution >= 0.6 is 0 Å². The van der Waals surface area contributed by atoms with Gasteiger partial charge in [0.2, 0.25) is 11.8 Å². The van der Waals surface area contributed by atoms with Gasteiger partial charge in [-0.15, -0.1) is 0 Å². The summed E-state index contributed by atoms with van der Waals surface area (Å²) in [5.74, 6) is -0.0114. The molecule has 6 heteroatoms. The van der Waals surface area contributed by atoms with Crippen LogP contribution in [0.25, 0.3) is 0 Å². The summed E-state index contributed by atoms with van der Waals surface area (Å²) in [6, 6.07) is 5.67. The molecule has 2 amide bonds. The summed E-state index contributed by atoms with van der Waals surface area (Å²) >= 11 is 0. The Morgan fingerprint density at radius 3 is 2.73 bits per heavy atom. The number of likely N-dealkylation sites (tertiary alicyclic amines) is 1. The second kappa shape index (κ2) is 6.44. The first kappa shape index (κ1) is 15.0. The average molecular weight is 302 g/mol. The minimum absolute atomic E-state index is 0.0538. The van der Waals surface area contributed by atoms with Gasteiger partial charge in [0.15, 0.2) is 0 Å². The van der Waals surface area contributed by atoms with Crippen LogP contribution in [0.5, 0.6) is 0 Å². The summed E-state index contributed by atoms with van der Waals surface area (Å²) < 4.78 is 0. The third kappa shape index (κ3) is 3.27. The average Bonchev–Trinajstić information content (AvgIpc) is 2.89. The van der Waals surface area contributed by atoms with Crippen LogP contribution < -0.4 is 0 Å². The molecule has 1 atom stereocenters. The Kier molecular flexibility index (Phi) is 4.38.